The molecule has 3 rings (SSSR count). The van der Waals surface area contributed by atoms with Crippen LogP contribution in [0.1, 0.15) is 36.9 Å². The second kappa shape index (κ2) is 4.65. The summed E-state index contributed by atoms with van der Waals surface area (Å²) in [6, 6.07) is 2.79. The van der Waals surface area contributed by atoms with Crippen LogP contribution >= 0.6 is 0 Å². The first-order chi connectivity index (χ1) is 8.31. The van der Waals surface area contributed by atoms with Crippen molar-refractivity contribution >= 4 is 0 Å². The molecular formula is C14H20N2O. The number of aryl methyl sites for hydroxylation is 1. The number of ether oxygens (including phenoxy) is 1. The molecule has 2 saturated carbocycles. The molecule has 92 valence electrons. The summed E-state index contributed by atoms with van der Waals surface area (Å²) in [4.78, 5) is 4.36. The van der Waals surface area contributed by atoms with E-state index in [0.717, 1.165) is 36.6 Å². The highest BCUT2D eigenvalue weighted by Crippen LogP contribution is 2.30. The van der Waals surface area contributed by atoms with Crippen molar-refractivity contribution in [3.63, 3.8) is 0 Å². The van der Waals surface area contributed by atoms with E-state index >= 15 is 0 Å². The summed E-state index contributed by atoms with van der Waals surface area (Å²) in [6.45, 7) is 3.78. The Kier molecular flexibility index (Phi) is 3.02. The first-order valence-electron chi connectivity index (χ1n) is 6.63. The van der Waals surface area contributed by atoms with Crippen LogP contribution in [0.2, 0.25) is 0 Å². The molecule has 0 bridgehead atoms. The molecule has 0 atom stereocenters. The van der Waals surface area contributed by atoms with Gasteiger partial charge in [-0.15, -0.1) is 0 Å². The second-order valence-corrected chi connectivity index (χ2v) is 5.34. The van der Waals surface area contributed by atoms with Crippen molar-refractivity contribution in [3.8, 4) is 5.75 Å². The third kappa shape index (κ3) is 3.19. The van der Waals surface area contributed by atoms with E-state index in [1.807, 2.05) is 13.1 Å². The molecule has 2 aliphatic carbocycles. The van der Waals surface area contributed by atoms with E-state index in [9.17, 15) is 0 Å². The first-order valence-corrected chi connectivity index (χ1v) is 6.63. The highest BCUT2D eigenvalue weighted by atomic mass is 16.5. The number of nitrogens with zero attached hydrogens (tertiary/aromatic N) is 1. The van der Waals surface area contributed by atoms with Gasteiger partial charge in [0.05, 0.1) is 6.61 Å². The van der Waals surface area contributed by atoms with Gasteiger partial charge in [0.15, 0.2) is 0 Å². The van der Waals surface area contributed by atoms with Crippen LogP contribution in [0, 0.1) is 12.8 Å². The van der Waals surface area contributed by atoms with E-state index in [1.54, 1.807) is 0 Å². The van der Waals surface area contributed by atoms with E-state index in [4.69, 9.17) is 4.74 Å². The lowest BCUT2D eigenvalue weighted by Crippen LogP contribution is -2.16. The summed E-state index contributed by atoms with van der Waals surface area (Å²) in [5.41, 5.74) is 2.23. The Morgan fingerprint density at radius 3 is 2.88 bits per heavy atom. The zero-order valence-electron chi connectivity index (χ0n) is 10.4. The second-order valence-electron chi connectivity index (χ2n) is 5.34. The highest BCUT2D eigenvalue weighted by molar-refractivity contribution is 5.33. The topological polar surface area (TPSA) is 34.1 Å². The van der Waals surface area contributed by atoms with E-state index in [2.05, 4.69) is 16.4 Å². The number of pyridine rings is 1. The third-order valence-electron chi connectivity index (χ3n) is 3.41. The maximum atomic E-state index is 5.91. The molecule has 2 fully saturated rings. The molecule has 3 heteroatoms. The maximum Gasteiger partial charge on any atom is 0.127 e. The van der Waals surface area contributed by atoms with Gasteiger partial charge < -0.3 is 10.1 Å². The molecule has 1 aromatic rings. The molecule has 0 unspecified atom stereocenters. The minimum atomic E-state index is 0.729. The summed E-state index contributed by atoms with van der Waals surface area (Å²) in [5, 5.41) is 3.52. The lowest BCUT2D eigenvalue weighted by atomic mass is 10.2. The fourth-order valence-corrected chi connectivity index (χ4v) is 1.86. The van der Waals surface area contributed by atoms with Gasteiger partial charge in [-0.25, -0.2) is 0 Å². The van der Waals surface area contributed by atoms with Gasteiger partial charge >= 0.3 is 0 Å². The Hall–Kier alpha value is -1.09. The van der Waals surface area contributed by atoms with Crippen molar-refractivity contribution in [2.75, 3.05) is 6.61 Å². The molecular weight excluding hydrogens is 212 g/mol. The molecule has 0 spiro atoms. The normalized spacial score (nSPS) is 19.4. The molecule has 0 aromatic carbocycles. The predicted molar refractivity (Wildman–Crippen MR) is 67.1 cm³/mol. The summed E-state index contributed by atoms with van der Waals surface area (Å²) < 4.78 is 5.91. The van der Waals surface area contributed by atoms with Crippen LogP contribution in [-0.2, 0) is 6.54 Å². The zero-order valence-corrected chi connectivity index (χ0v) is 10.4. The van der Waals surface area contributed by atoms with Crippen LogP contribution in [0.15, 0.2) is 12.3 Å². The van der Waals surface area contributed by atoms with Crippen molar-refractivity contribution in [2.45, 2.75) is 45.2 Å². The van der Waals surface area contributed by atoms with Gasteiger partial charge in [-0.2, -0.15) is 0 Å². The van der Waals surface area contributed by atoms with Crippen LogP contribution < -0.4 is 10.1 Å². The molecule has 0 saturated heterocycles. The third-order valence-corrected chi connectivity index (χ3v) is 3.41. The summed E-state index contributed by atoms with van der Waals surface area (Å²) in [5.74, 6) is 1.82. The standard InChI is InChI=1S/C14H20N2O/c1-10-6-14(17-9-11-2-3-11)12(7-15-10)8-16-13-4-5-13/h6-7,11,13,16H,2-5,8-9H2,1H3. The van der Waals surface area contributed by atoms with Gasteiger partial charge in [-0.05, 0) is 38.5 Å². The van der Waals surface area contributed by atoms with E-state index in [0.29, 0.717) is 0 Å². The maximum absolute atomic E-state index is 5.91. The van der Waals surface area contributed by atoms with Crippen LogP contribution in [0.5, 0.6) is 5.75 Å². The lowest BCUT2D eigenvalue weighted by molar-refractivity contribution is 0.295. The molecule has 3 nitrogen and oxygen atoms in total. The Bertz CT molecular complexity index is 397. The Labute approximate surface area is 103 Å². The summed E-state index contributed by atoms with van der Waals surface area (Å²) in [6.07, 6.45) is 7.25. The van der Waals surface area contributed by atoms with E-state index < -0.39 is 0 Å². The van der Waals surface area contributed by atoms with Crippen LogP contribution in [-0.4, -0.2) is 17.6 Å². The highest BCUT2D eigenvalue weighted by Gasteiger charge is 2.23. The molecule has 0 aliphatic heterocycles. The van der Waals surface area contributed by atoms with Gasteiger partial charge in [-0.3, -0.25) is 4.98 Å². The van der Waals surface area contributed by atoms with Crippen molar-refractivity contribution in [1.82, 2.24) is 10.3 Å². The van der Waals surface area contributed by atoms with Crippen LogP contribution in [0.25, 0.3) is 0 Å². The van der Waals surface area contributed by atoms with E-state index in [1.165, 1.54) is 31.2 Å². The Morgan fingerprint density at radius 2 is 2.18 bits per heavy atom. The van der Waals surface area contributed by atoms with Gasteiger partial charge in [0.2, 0.25) is 0 Å². The lowest BCUT2D eigenvalue weighted by Gasteiger charge is -2.12. The smallest absolute Gasteiger partial charge is 0.127 e. The Morgan fingerprint density at radius 1 is 1.35 bits per heavy atom. The van der Waals surface area contributed by atoms with E-state index in [-0.39, 0.29) is 0 Å². The average Bonchev–Trinajstić information content (AvgIpc) is 3.18. The fourth-order valence-electron chi connectivity index (χ4n) is 1.86. The quantitative estimate of drug-likeness (QED) is 0.818. The summed E-state index contributed by atoms with van der Waals surface area (Å²) >= 11 is 0. The van der Waals surface area contributed by atoms with Crippen molar-refractivity contribution in [1.29, 1.82) is 0 Å². The number of aromatic nitrogens is 1. The van der Waals surface area contributed by atoms with Crippen LogP contribution in [0.4, 0.5) is 0 Å². The minimum absolute atomic E-state index is 0.729. The number of nitrogens with one attached hydrogen (secondary N) is 1. The van der Waals surface area contributed by atoms with Crippen molar-refractivity contribution in [2.24, 2.45) is 5.92 Å². The van der Waals surface area contributed by atoms with Crippen molar-refractivity contribution < 1.29 is 4.74 Å². The average molecular weight is 232 g/mol. The number of hydrogen-bond donors (Lipinski definition) is 1. The van der Waals surface area contributed by atoms with Gasteiger partial charge in [0, 0.05) is 36.1 Å². The molecule has 0 radical (unpaired) electrons. The molecule has 1 aromatic heterocycles. The fraction of sp³-hybridized carbons (Fsp3) is 0.643. The van der Waals surface area contributed by atoms with Gasteiger partial charge in [0.1, 0.15) is 5.75 Å². The predicted octanol–water partition coefficient (Wildman–Crippen LogP) is 2.43. The summed E-state index contributed by atoms with van der Waals surface area (Å²) in [7, 11) is 0. The first kappa shape index (κ1) is 11.0. The van der Waals surface area contributed by atoms with Gasteiger partial charge in [-0.1, -0.05) is 0 Å². The molecule has 1 N–H and O–H groups in total. The molecule has 1 heterocycles. The largest absolute Gasteiger partial charge is 0.493 e. The SMILES string of the molecule is Cc1cc(OCC2CC2)c(CNC2CC2)cn1. The Balaban J connectivity index is 1.64. The monoisotopic (exact) mass is 232 g/mol. The minimum Gasteiger partial charge on any atom is -0.493 e. The zero-order chi connectivity index (χ0) is 11.7. The number of rotatable bonds is 6. The molecule has 2 aliphatic rings. The van der Waals surface area contributed by atoms with Gasteiger partial charge in [0.25, 0.3) is 0 Å². The van der Waals surface area contributed by atoms with Crippen LogP contribution in [0.3, 0.4) is 0 Å². The molecule has 17 heavy (non-hydrogen) atoms. The molecule has 0 amide bonds. The van der Waals surface area contributed by atoms with Crippen molar-refractivity contribution in [3.05, 3.63) is 23.5 Å². The number of hydrogen-bond acceptors (Lipinski definition) is 3.